The highest BCUT2D eigenvalue weighted by molar-refractivity contribution is 6.36. The van der Waals surface area contributed by atoms with Crippen LogP contribution in [0.2, 0.25) is 12.1 Å². The van der Waals surface area contributed by atoms with Gasteiger partial charge in [-0.25, -0.2) is 0 Å². The lowest BCUT2D eigenvalue weighted by molar-refractivity contribution is -0.479. The summed E-state index contributed by atoms with van der Waals surface area (Å²) in [6, 6.07) is 2.10. The molecule has 0 rings (SSSR count). The zero-order valence-electron chi connectivity index (χ0n) is 14.1. The van der Waals surface area contributed by atoms with E-state index in [1.165, 1.54) is 6.04 Å². The minimum atomic E-state index is -0.467. The molecule has 0 aromatic carbocycles. The Labute approximate surface area is 142 Å². The van der Waals surface area contributed by atoms with Crippen LogP contribution in [0.4, 0.5) is 0 Å². The number of rotatable bonds is 13. The average molecular weight is 376 g/mol. The second-order valence-corrected chi connectivity index (χ2v) is 8.82. The van der Waals surface area contributed by atoms with Crippen LogP contribution in [0, 0.1) is 10.1 Å². The first-order chi connectivity index (χ1) is 10.5. The normalized spacial score (nSPS) is 11.8. The van der Waals surface area contributed by atoms with Crippen molar-refractivity contribution in [2.24, 2.45) is 0 Å². The van der Waals surface area contributed by atoms with Crippen molar-refractivity contribution in [1.29, 1.82) is 0 Å². The molecule has 0 aliphatic heterocycles. The van der Waals surface area contributed by atoms with Crippen molar-refractivity contribution in [3.05, 3.63) is 10.1 Å². The third-order valence-electron chi connectivity index (χ3n) is 2.91. The lowest BCUT2D eigenvalue weighted by atomic mass is 10.5. The topological polar surface area (TPSA) is 80.1 Å². The van der Waals surface area contributed by atoms with Gasteiger partial charge in [0.05, 0.1) is 19.0 Å². The summed E-state index contributed by atoms with van der Waals surface area (Å²) in [6.07, 6.45) is 1.74. The Bertz CT molecular complexity index is 246. The Morgan fingerprint density at radius 1 is 0.955 bits per heavy atom. The molecule has 10 heteroatoms. The monoisotopic (exact) mass is 375 g/mol. The van der Waals surface area contributed by atoms with Crippen molar-refractivity contribution in [2.45, 2.75) is 36.8 Å². The van der Waals surface area contributed by atoms with Gasteiger partial charge in [0.25, 0.3) is 0 Å². The first kappa shape index (κ1) is 24.2. The van der Waals surface area contributed by atoms with Crippen LogP contribution in [-0.4, -0.2) is 76.7 Å². The standard InChI is InChI=1S/C6H15ClO2Si.C6H15NO4Si/c1-8-6(9-2)10-5-3-4-7;1-10-6(11-2)12-5-3-4-7(8)9/h6H,3-5,10H2,1-2H3;6H,3-5,12H2,1-2H3. The predicted molar refractivity (Wildman–Crippen MR) is 94.1 cm³/mol. The lowest BCUT2D eigenvalue weighted by Gasteiger charge is -2.11. The van der Waals surface area contributed by atoms with Gasteiger partial charge in [0.15, 0.2) is 0 Å². The van der Waals surface area contributed by atoms with Gasteiger partial charge in [-0.15, -0.1) is 11.6 Å². The second-order valence-electron chi connectivity index (χ2n) is 4.54. The number of hydrogen-bond donors (Lipinski definition) is 0. The van der Waals surface area contributed by atoms with Crippen LogP contribution in [0.3, 0.4) is 0 Å². The molecule has 7 nitrogen and oxygen atoms in total. The molecule has 0 aromatic heterocycles. The van der Waals surface area contributed by atoms with Crippen molar-refractivity contribution < 1.29 is 23.9 Å². The molecule has 0 atom stereocenters. The van der Waals surface area contributed by atoms with Crippen molar-refractivity contribution in [2.75, 3.05) is 40.9 Å². The Balaban J connectivity index is 0. The summed E-state index contributed by atoms with van der Waals surface area (Å²) in [7, 11) is 5.87. The molecule has 0 aliphatic carbocycles. The van der Waals surface area contributed by atoms with Gasteiger partial charge in [-0.2, -0.15) is 0 Å². The zero-order valence-corrected chi connectivity index (χ0v) is 17.7. The fourth-order valence-electron chi connectivity index (χ4n) is 1.62. The molecule has 0 fully saturated rings. The highest BCUT2D eigenvalue weighted by Gasteiger charge is 2.06. The second kappa shape index (κ2) is 19.0. The highest BCUT2D eigenvalue weighted by atomic mass is 35.5. The van der Waals surface area contributed by atoms with Crippen LogP contribution in [0.25, 0.3) is 0 Å². The van der Waals surface area contributed by atoms with Crippen LogP contribution in [-0.2, 0) is 18.9 Å². The molecule has 0 N–H and O–H groups in total. The van der Waals surface area contributed by atoms with Gasteiger partial charge in [0, 0.05) is 45.7 Å². The van der Waals surface area contributed by atoms with Gasteiger partial charge in [-0.05, 0) is 6.42 Å². The maximum atomic E-state index is 9.94. The summed E-state index contributed by atoms with van der Waals surface area (Å²) in [5.41, 5.74) is 0. The quantitative estimate of drug-likeness (QED) is 0.117. The molecule has 0 bridgehead atoms. The van der Waals surface area contributed by atoms with Gasteiger partial charge in [-0.1, -0.05) is 12.1 Å². The van der Waals surface area contributed by atoms with E-state index in [9.17, 15) is 10.1 Å². The Morgan fingerprint density at radius 2 is 1.36 bits per heavy atom. The van der Waals surface area contributed by atoms with E-state index in [0.29, 0.717) is 6.42 Å². The van der Waals surface area contributed by atoms with Gasteiger partial charge in [0.2, 0.25) is 6.54 Å². The third-order valence-corrected chi connectivity index (χ3v) is 7.27. The Hall–Kier alpha value is -0.0362. The molecule has 22 heavy (non-hydrogen) atoms. The molecule has 0 radical (unpaired) electrons. The van der Waals surface area contributed by atoms with E-state index in [0.717, 1.165) is 18.3 Å². The van der Waals surface area contributed by atoms with E-state index < -0.39 is 9.52 Å². The summed E-state index contributed by atoms with van der Waals surface area (Å²) in [5.74, 6) is 0.757. The third kappa shape index (κ3) is 18.0. The first-order valence-electron chi connectivity index (χ1n) is 7.34. The van der Waals surface area contributed by atoms with Crippen LogP contribution >= 0.6 is 11.6 Å². The van der Waals surface area contributed by atoms with E-state index in [-0.39, 0.29) is 32.8 Å². The zero-order chi connectivity index (χ0) is 17.2. The number of ether oxygens (including phenoxy) is 4. The molecule has 0 aliphatic rings. The number of nitrogens with zero attached hydrogens (tertiary/aromatic N) is 1. The molecule has 0 unspecified atom stereocenters. The van der Waals surface area contributed by atoms with E-state index in [4.69, 9.17) is 30.5 Å². The van der Waals surface area contributed by atoms with E-state index in [1.54, 1.807) is 28.4 Å². The SMILES string of the molecule is COC(OC)[SiH2]CCCCl.COC(OC)[SiH2]CCC[N+](=O)[O-]. The van der Waals surface area contributed by atoms with Crippen molar-refractivity contribution in [1.82, 2.24) is 0 Å². The number of halogens is 1. The highest BCUT2D eigenvalue weighted by Crippen LogP contribution is 1.97. The van der Waals surface area contributed by atoms with Crippen molar-refractivity contribution in [3.8, 4) is 0 Å². The molecule has 0 heterocycles. The van der Waals surface area contributed by atoms with Crippen molar-refractivity contribution in [3.63, 3.8) is 0 Å². The summed E-state index contributed by atoms with van der Waals surface area (Å²) in [4.78, 5) is 9.65. The van der Waals surface area contributed by atoms with Gasteiger partial charge >= 0.3 is 0 Å². The Morgan fingerprint density at radius 3 is 1.68 bits per heavy atom. The summed E-state index contributed by atoms with van der Waals surface area (Å²) in [5, 5.41) is 9.94. The molecule has 0 spiro atoms. The van der Waals surface area contributed by atoms with Crippen molar-refractivity contribution >= 4 is 30.6 Å². The largest absolute Gasteiger partial charge is 0.360 e. The molecule has 0 amide bonds. The summed E-state index contributed by atoms with van der Waals surface area (Å²) in [6.45, 7) is 0.0626. The van der Waals surface area contributed by atoms with E-state index in [1.807, 2.05) is 0 Å². The fourth-order valence-corrected chi connectivity index (χ4v) is 4.79. The lowest BCUT2D eigenvalue weighted by Crippen LogP contribution is -2.21. The average Bonchev–Trinajstić information content (AvgIpc) is 2.52. The maximum absolute atomic E-state index is 9.94. The minimum Gasteiger partial charge on any atom is -0.360 e. The summed E-state index contributed by atoms with van der Waals surface area (Å²) >= 11 is 5.51. The van der Waals surface area contributed by atoms with Gasteiger partial charge in [-0.3, -0.25) is 10.1 Å². The van der Waals surface area contributed by atoms with Gasteiger partial charge < -0.3 is 18.9 Å². The number of methoxy groups -OCH3 is 4. The molecule has 0 aromatic rings. The predicted octanol–water partition coefficient (Wildman–Crippen LogP) is 0.595. The van der Waals surface area contributed by atoms with Gasteiger partial charge in [0.1, 0.15) is 11.8 Å². The molecule has 134 valence electrons. The fraction of sp³-hybridized carbons (Fsp3) is 1.00. The number of alkyl halides is 1. The summed E-state index contributed by atoms with van der Waals surface area (Å²) < 4.78 is 20.0. The van der Waals surface area contributed by atoms with Crippen LogP contribution in [0.1, 0.15) is 12.8 Å². The molecular formula is C12H30ClNO6Si2. The molecular weight excluding hydrogens is 346 g/mol. The van der Waals surface area contributed by atoms with E-state index >= 15 is 0 Å². The molecule has 0 saturated heterocycles. The maximum Gasteiger partial charge on any atom is 0.203 e. The van der Waals surface area contributed by atoms with Crippen LogP contribution < -0.4 is 0 Å². The number of hydrogen-bond acceptors (Lipinski definition) is 6. The van der Waals surface area contributed by atoms with E-state index in [2.05, 4.69) is 0 Å². The van der Waals surface area contributed by atoms with Crippen LogP contribution in [0.5, 0.6) is 0 Å². The first-order valence-corrected chi connectivity index (χ1v) is 11.5. The molecule has 0 saturated carbocycles. The number of nitro groups is 1. The van der Waals surface area contributed by atoms with Crippen LogP contribution in [0.15, 0.2) is 0 Å². The smallest absolute Gasteiger partial charge is 0.203 e. The Kier molecular flexibility index (Phi) is 20.9. The minimum absolute atomic E-state index is 0.0626.